The average Bonchev–Trinajstić information content (AvgIpc) is 3.21. The Morgan fingerprint density at radius 3 is 2.87 bits per heavy atom. The topological polar surface area (TPSA) is 57.6 Å². The molecule has 1 saturated heterocycles. The quantitative estimate of drug-likeness (QED) is 0.834. The zero-order valence-corrected chi connectivity index (χ0v) is 15.1. The van der Waals surface area contributed by atoms with Gasteiger partial charge in [-0.25, -0.2) is 0 Å². The van der Waals surface area contributed by atoms with Crippen molar-refractivity contribution in [3.05, 3.63) is 33.9 Å². The van der Waals surface area contributed by atoms with Crippen molar-refractivity contribution < 1.29 is 9.84 Å². The number of thioether (sulfide) groups is 1. The van der Waals surface area contributed by atoms with E-state index in [9.17, 15) is 5.11 Å². The highest BCUT2D eigenvalue weighted by Gasteiger charge is 2.23. The molecule has 2 N–H and O–H groups in total. The Kier molecular flexibility index (Phi) is 4.50. The van der Waals surface area contributed by atoms with Crippen LogP contribution in [0.5, 0.6) is 0 Å². The highest BCUT2D eigenvalue weighted by Crippen LogP contribution is 2.36. The summed E-state index contributed by atoms with van der Waals surface area (Å²) < 4.78 is 6.62. The van der Waals surface area contributed by atoms with Crippen LogP contribution in [0.3, 0.4) is 0 Å². The molecule has 0 bridgehead atoms. The number of aliphatic imine (C=N–C) groups is 1. The minimum Gasteiger partial charge on any atom is -0.394 e. The Hall–Kier alpha value is -0.820. The van der Waals surface area contributed by atoms with Gasteiger partial charge in [0.25, 0.3) is 0 Å². The fourth-order valence-corrected chi connectivity index (χ4v) is 4.85. The zero-order chi connectivity index (χ0) is 15.8. The Balaban J connectivity index is 1.76. The number of aromatic amines is 1. The molecule has 0 aliphatic carbocycles. The highest BCUT2D eigenvalue weighted by molar-refractivity contribution is 9.10. The van der Waals surface area contributed by atoms with Crippen molar-refractivity contribution in [1.82, 2.24) is 4.98 Å². The second-order valence-corrected chi connectivity index (χ2v) is 8.03. The zero-order valence-electron chi connectivity index (χ0n) is 12.7. The molecule has 3 heterocycles. The van der Waals surface area contributed by atoms with Gasteiger partial charge in [-0.3, -0.25) is 4.99 Å². The monoisotopic (exact) mass is 394 g/mol. The standard InChI is InChI=1S/C17H19BrN2O2S/c18-12-5-11-6-15(17-19-13(8-21)9-23-17)20-16(11)14(7-12)10-1-3-22-4-2-10/h5-7,10,13,20-21H,1-4,8-9H2/t13-/m1/s1. The van der Waals surface area contributed by atoms with Gasteiger partial charge in [0.05, 0.1) is 18.3 Å². The van der Waals surface area contributed by atoms with E-state index >= 15 is 0 Å². The summed E-state index contributed by atoms with van der Waals surface area (Å²) in [6.45, 7) is 1.80. The van der Waals surface area contributed by atoms with Gasteiger partial charge in [0.2, 0.25) is 0 Å². The van der Waals surface area contributed by atoms with Gasteiger partial charge in [0.15, 0.2) is 0 Å². The minimum absolute atomic E-state index is 0.0307. The third-order valence-corrected chi connectivity index (χ3v) is 6.15. The number of halogens is 1. The number of hydrogen-bond donors (Lipinski definition) is 2. The molecular formula is C17H19BrN2O2S. The number of nitrogens with zero attached hydrogens (tertiary/aromatic N) is 1. The maximum Gasteiger partial charge on any atom is 0.115 e. The molecule has 1 fully saturated rings. The van der Waals surface area contributed by atoms with Gasteiger partial charge in [-0.15, -0.1) is 11.8 Å². The first-order valence-electron chi connectivity index (χ1n) is 7.96. The molecule has 1 aromatic carbocycles. The first-order valence-corrected chi connectivity index (χ1v) is 9.74. The van der Waals surface area contributed by atoms with Gasteiger partial charge < -0.3 is 14.8 Å². The summed E-state index contributed by atoms with van der Waals surface area (Å²) in [5.74, 6) is 1.40. The molecule has 1 atom stereocenters. The van der Waals surface area contributed by atoms with Crippen LogP contribution in [-0.2, 0) is 4.74 Å². The molecule has 23 heavy (non-hydrogen) atoms. The number of ether oxygens (including phenoxy) is 1. The summed E-state index contributed by atoms with van der Waals surface area (Å²) in [6, 6.07) is 6.60. The van der Waals surface area contributed by atoms with Crippen LogP contribution < -0.4 is 0 Å². The van der Waals surface area contributed by atoms with Gasteiger partial charge in [-0.05, 0) is 42.5 Å². The van der Waals surface area contributed by atoms with Gasteiger partial charge in [0, 0.05) is 34.3 Å². The summed E-state index contributed by atoms with van der Waals surface area (Å²) in [5, 5.41) is 11.5. The fourth-order valence-electron chi connectivity index (χ4n) is 3.34. The number of H-pyrrole nitrogens is 1. The number of aromatic nitrogens is 1. The maximum atomic E-state index is 9.27. The summed E-state index contributed by atoms with van der Waals surface area (Å²) in [4.78, 5) is 8.18. The van der Waals surface area contributed by atoms with E-state index in [-0.39, 0.29) is 12.6 Å². The SMILES string of the molecule is OC[C@@H]1CSC(c2cc3cc(Br)cc(C4CCOCC4)c3[nH]2)=N1. The number of aliphatic hydroxyl groups excluding tert-OH is 1. The van der Waals surface area contributed by atoms with Crippen molar-refractivity contribution in [1.29, 1.82) is 0 Å². The van der Waals surface area contributed by atoms with E-state index in [1.54, 1.807) is 11.8 Å². The molecular weight excluding hydrogens is 376 g/mol. The lowest BCUT2D eigenvalue weighted by Crippen LogP contribution is -2.14. The number of rotatable bonds is 3. The average molecular weight is 395 g/mol. The minimum atomic E-state index is 0.0307. The van der Waals surface area contributed by atoms with Crippen LogP contribution >= 0.6 is 27.7 Å². The molecule has 2 aliphatic rings. The Morgan fingerprint density at radius 1 is 1.30 bits per heavy atom. The lowest BCUT2D eigenvalue weighted by Gasteiger charge is -2.23. The molecule has 0 radical (unpaired) electrons. The molecule has 4 rings (SSSR count). The molecule has 0 amide bonds. The summed E-state index contributed by atoms with van der Waals surface area (Å²) in [7, 11) is 0. The predicted octanol–water partition coefficient (Wildman–Crippen LogP) is 3.68. The Labute approximate surface area is 147 Å². The van der Waals surface area contributed by atoms with Crippen LogP contribution in [0.4, 0.5) is 0 Å². The lowest BCUT2D eigenvalue weighted by atomic mass is 9.90. The van der Waals surface area contributed by atoms with E-state index in [2.05, 4.69) is 44.1 Å². The van der Waals surface area contributed by atoms with Crippen LogP contribution in [0.15, 0.2) is 27.7 Å². The summed E-state index contributed by atoms with van der Waals surface area (Å²) in [6.07, 6.45) is 2.14. The van der Waals surface area contributed by atoms with Crippen LogP contribution in [0, 0.1) is 0 Å². The second kappa shape index (κ2) is 6.59. The normalized spacial score (nSPS) is 22.7. The number of aliphatic hydroxyl groups is 1. The lowest BCUT2D eigenvalue weighted by molar-refractivity contribution is 0.0856. The number of hydrogen-bond acceptors (Lipinski definition) is 4. The largest absolute Gasteiger partial charge is 0.394 e. The molecule has 122 valence electrons. The molecule has 0 unspecified atom stereocenters. The van der Waals surface area contributed by atoms with Crippen LogP contribution in [0.2, 0.25) is 0 Å². The maximum absolute atomic E-state index is 9.27. The molecule has 0 spiro atoms. The van der Waals surface area contributed by atoms with E-state index < -0.39 is 0 Å². The van der Waals surface area contributed by atoms with Crippen LogP contribution in [0.1, 0.15) is 30.0 Å². The second-order valence-electron chi connectivity index (χ2n) is 6.11. The van der Waals surface area contributed by atoms with Crippen molar-refractivity contribution >= 4 is 43.6 Å². The van der Waals surface area contributed by atoms with E-state index in [1.165, 1.54) is 16.5 Å². The van der Waals surface area contributed by atoms with Crippen molar-refractivity contribution in [2.45, 2.75) is 24.8 Å². The van der Waals surface area contributed by atoms with Crippen molar-refractivity contribution in [3.63, 3.8) is 0 Å². The van der Waals surface area contributed by atoms with Crippen molar-refractivity contribution in [3.8, 4) is 0 Å². The molecule has 0 saturated carbocycles. The summed E-state index contributed by atoms with van der Waals surface area (Å²) in [5.41, 5.74) is 3.64. The van der Waals surface area contributed by atoms with E-state index in [1.807, 2.05) is 0 Å². The molecule has 6 heteroatoms. The van der Waals surface area contributed by atoms with E-state index in [0.717, 1.165) is 47.0 Å². The highest BCUT2D eigenvalue weighted by atomic mass is 79.9. The smallest absolute Gasteiger partial charge is 0.115 e. The predicted molar refractivity (Wildman–Crippen MR) is 98.7 cm³/mol. The number of fused-ring (bicyclic) bond motifs is 1. The van der Waals surface area contributed by atoms with Gasteiger partial charge in [-0.2, -0.15) is 0 Å². The molecule has 2 aromatic rings. The molecule has 1 aromatic heterocycles. The first kappa shape index (κ1) is 15.7. The van der Waals surface area contributed by atoms with Gasteiger partial charge in [-0.1, -0.05) is 15.9 Å². The Morgan fingerprint density at radius 2 is 2.13 bits per heavy atom. The molecule has 4 nitrogen and oxygen atoms in total. The van der Waals surface area contributed by atoms with E-state index in [4.69, 9.17) is 4.74 Å². The van der Waals surface area contributed by atoms with Crippen LogP contribution in [0.25, 0.3) is 10.9 Å². The van der Waals surface area contributed by atoms with Gasteiger partial charge >= 0.3 is 0 Å². The Bertz CT molecular complexity index is 752. The number of benzene rings is 1. The van der Waals surface area contributed by atoms with Crippen LogP contribution in [-0.4, -0.2) is 46.7 Å². The first-order chi connectivity index (χ1) is 11.2. The molecule has 2 aliphatic heterocycles. The van der Waals surface area contributed by atoms with Crippen molar-refractivity contribution in [2.75, 3.05) is 25.6 Å². The third-order valence-electron chi connectivity index (χ3n) is 4.54. The van der Waals surface area contributed by atoms with E-state index in [0.29, 0.717) is 5.92 Å². The van der Waals surface area contributed by atoms with Crippen molar-refractivity contribution in [2.24, 2.45) is 4.99 Å². The fraction of sp³-hybridized carbons (Fsp3) is 0.471. The third kappa shape index (κ3) is 3.09. The van der Waals surface area contributed by atoms with Gasteiger partial charge in [0.1, 0.15) is 5.04 Å². The summed E-state index contributed by atoms with van der Waals surface area (Å²) >= 11 is 5.37. The number of nitrogens with one attached hydrogen (secondary N) is 1.